The topological polar surface area (TPSA) is 9.23 Å². The minimum Gasteiger partial charge on any atom is -0.387 e. The SMILES string of the molecule is CBC1CCCO1. The molecule has 0 N–H and O–H groups in total. The predicted molar refractivity (Wildman–Crippen MR) is 32.0 cm³/mol. The average molecular weight is 98.0 g/mol. The summed E-state index contributed by atoms with van der Waals surface area (Å²) in [5, 5.41) is 0. The maximum absolute atomic E-state index is 5.30. The Morgan fingerprint density at radius 3 is 2.86 bits per heavy atom. The third-order valence-electron chi connectivity index (χ3n) is 1.48. The highest BCUT2D eigenvalue weighted by Gasteiger charge is 2.12. The highest BCUT2D eigenvalue weighted by atomic mass is 16.5. The predicted octanol–water partition coefficient (Wildman–Crippen LogP) is 0.607. The zero-order valence-electron chi connectivity index (χ0n) is 4.81. The van der Waals surface area contributed by atoms with E-state index < -0.39 is 0 Å². The van der Waals surface area contributed by atoms with Gasteiger partial charge in [-0.3, -0.25) is 0 Å². The molecule has 0 aromatic rings. The summed E-state index contributed by atoms with van der Waals surface area (Å²) in [4.78, 5) is 0. The molecule has 2 heteroatoms. The second-order valence-corrected chi connectivity index (χ2v) is 2.04. The first-order valence-corrected chi connectivity index (χ1v) is 3.05. The zero-order chi connectivity index (χ0) is 5.11. The van der Waals surface area contributed by atoms with Gasteiger partial charge in [-0.1, -0.05) is 6.82 Å². The van der Waals surface area contributed by atoms with Crippen LogP contribution in [-0.2, 0) is 4.74 Å². The van der Waals surface area contributed by atoms with Gasteiger partial charge in [-0.05, 0) is 12.8 Å². The Bertz CT molecular complexity index is 50.0. The molecule has 1 unspecified atom stereocenters. The fraction of sp³-hybridized carbons (Fsp3) is 1.00. The quantitative estimate of drug-likeness (QED) is 0.436. The molecule has 1 fully saturated rings. The van der Waals surface area contributed by atoms with Gasteiger partial charge in [0.15, 0.2) is 7.28 Å². The molecule has 1 aliphatic rings. The van der Waals surface area contributed by atoms with E-state index in [9.17, 15) is 0 Å². The van der Waals surface area contributed by atoms with E-state index in [1.807, 2.05) is 0 Å². The number of hydrogen-bond acceptors (Lipinski definition) is 1. The maximum atomic E-state index is 5.30. The molecule has 0 aromatic heterocycles. The Morgan fingerprint density at radius 1 is 1.71 bits per heavy atom. The fourth-order valence-electron chi connectivity index (χ4n) is 0.966. The molecular formula is C5H11BO. The van der Waals surface area contributed by atoms with E-state index in [0.717, 1.165) is 6.61 Å². The molecule has 1 nitrogen and oxygen atoms in total. The van der Waals surface area contributed by atoms with Crippen LogP contribution in [0.5, 0.6) is 0 Å². The van der Waals surface area contributed by atoms with Crippen LogP contribution in [0.4, 0.5) is 0 Å². The zero-order valence-corrected chi connectivity index (χ0v) is 4.81. The van der Waals surface area contributed by atoms with Gasteiger partial charge >= 0.3 is 0 Å². The van der Waals surface area contributed by atoms with Crippen LogP contribution < -0.4 is 0 Å². The summed E-state index contributed by atoms with van der Waals surface area (Å²) < 4.78 is 5.30. The molecule has 0 radical (unpaired) electrons. The van der Waals surface area contributed by atoms with Crippen molar-refractivity contribution in [2.24, 2.45) is 0 Å². The second kappa shape index (κ2) is 2.36. The lowest BCUT2D eigenvalue weighted by molar-refractivity contribution is 0.166. The molecule has 0 bridgehead atoms. The van der Waals surface area contributed by atoms with Gasteiger partial charge in [-0.15, -0.1) is 0 Å². The first-order valence-electron chi connectivity index (χ1n) is 3.05. The van der Waals surface area contributed by atoms with E-state index in [-0.39, 0.29) is 0 Å². The van der Waals surface area contributed by atoms with Crippen molar-refractivity contribution in [3.63, 3.8) is 0 Å². The summed E-state index contributed by atoms with van der Waals surface area (Å²) in [6.07, 6.45) is 2.56. The molecule has 7 heavy (non-hydrogen) atoms. The molecule has 0 saturated carbocycles. The van der Waals surface area contributed by atoms with Gasteiger partial charge < -0.3 is 4.74 Å². The molecule has 0 aliphatic carbocycles. The third-order valence-corrected chi connectivity index (χ3v) is 1.48. The van der Waals surface area contributed by atoms with Crippen molar-refractivity contribution in [2.45, 2.75) is 25.7 Å². The molecule has 0 amide bonds. The van der Waals surface area contributed by atoms with Crippen LogP contribution in [0.1, 0.15) is 12.8 Å². The van der Waals surface area contributed by atoms with Crippen LogP contribution in [0.3, 0.4) is 0 Å². The Kier molecular flexibility index (Phi) is 1.74. The van der Waals surface area contributed by atoms with Crippen molar-refractivity contribution in [3.05, 3.63) is 0 Å². The minimum absolute atomic E-state index is 0.597. The standard InChI is InChI=1S/C5H11BO/c1-6-5-3-2-4-7-5/h5-6H,2-4H2,1H3. The van der Waals surface area contributed by atoms with Gasteiger partial charge in [0.05, 0.1) is 0 Å². The van der Waals surface area contributed by atoms with Crippen LogP contribution in [0.25, 0.3) is 0 Å². The molecular weight excluding hydrogens is 86.9 g/mol. The first kappa shape index (κ1) is 5.17. The summed E-state index contributed by atoms with van der Waals surface area (Å²) in [7, 11) is 1.19. The molecule has 0 aromatic carbocycles. The van der Waals surface area contributed by atoms with Crippen molar-refractivity contribution in [3.8, 4) is 0 Å². The van der Waals surface area contributed by atoms with E-state index >= 15 is 0 Å². The summed E-state index contributed by atoms with van der Waals surface area (Å²) >= 11 is 0. The van der Waals surface area contributed by atoms with E-state index in [4.69, 9.17) is 4.74 Å². The molecule has 0 spiro atoms. The Morgan fingerprint density at radius 2 is 2.57 bits per heavy atom. The van der Waals surface area contributed by atoms with Crippen LogP contribution in [-0.4, -0.2) is 19.9 Å². The Balaban J connectivity index is 2.14. The van der Waals surface area contributed by atoms with Crippen LogP contribution in [0, 0.1) is 0 Å². The molecule has 1 saturated heterocycles. The van der Waals surface area contributed by atoms with Crippen molar-refractivity contribution in [1.29, 1.82) is 0 Å². The van der Waals surface area contributed by atoms with Gasteiger partial charge in [0, 0.05) is 12.6 Å². The third kappa shape index (κ3) is 1.20. The van der Waals surface area contributed by atoms with Gasteiger partial charge in [-0.2, -0.15) is 0 Å². The lowest BCUT2D eigenvalue weighted by atomic mass is 9.74. The largest absolute Gasteiger partial charge is 0.387 e. The molecule has 1 heterocycles. The normalized spacial score (nSPS) is 30.7. The first-order chi connectivity index (χ1) is 3.43. The van der Waals surface area contributed by atoms with Crippen molar-refractivity contribution in [1.82, 2.24) is 0 Å². The van der Waals surface area contributed by atoms with Crippen molar-refractivity contribution >= 4 is 7.28 Å². The van der Waals surface area contributed by atoms with E-state index in [1.165, 1.54) is 20.1 Å². The Labute approximate surface area is 45.3 Å². The molecule has 1 aliphatic heterocycles. The average Bonchev–Trinajstić information content (AvgIpc) is 2.14. The van der Waals surface area contributed by atoms with Gasteiger partial charge in [0.2, 0.25) is 0 Å². The highest BCUT2D eigenvalue weighted by Crippen LogP contribution is 2.09. The van der Waals surface area contributed by atoms with Gasteiger partial charge in [0.1, 0.15) is 0 Å². The minimum atomic E-state index is 0.597. The van der Waals surface area contributed by atoms with E-state index in [2.05, 4.69) is 6.82 Å². The van der Waals surface area contributed by atoms with Crippen LogP contribution in [0.2, 0.25) is 6.82 Å². The van der Waals surface area contributed by atoms with Gasteiger partial charge in [0.25, 0.3) is 0 Å². The summed E-state index contributed by atoms with van der Waals surface area (Å²) in [5.41, 5.74) is 0. The van der Waals surface area contributed by atoms with Crippen molar-refractivity contribution in [2.75, 3.05) is 6.61 Å². The van der Waals surface area contributed by atoms with Crippen LogP contribution in [0.15, 0.2) is 0 Å². The summed E-state index contributed by atoms with van der Waals surface area (Å²) in [6.45, 7) is 3.18. The van der Waals surface area contributed by atoms with Crippen LogP contribution >= 0.6 is 0 Å². The summed E-state index contributed by atoms with van der Waals surface area (Å²) in [5.74, 6) is 0. The summed E-state index contributed by atoms with van der Waals surface area (Å²) in [6, 6.07) is 0.597. The van der Waals surface area contributed by atoms with Gasteiger partial charge in [-0.25, -0.2) is 0 Å². The second-order valence-electron chi connectivity index (χ2n) is 2.04. The monoisotopic (exact) mass is 98.1 g/mol. The highest BCUT2D eigenvalue weighted by molar-refractivity contribution is 6.35. The van der Waals surface area contributed by atoms with E-state index in [1.54, 1.807) is 0 Å². The maximum Gasteiger partial charge on any atom is 0.154 e. The lowest BCUT2D eigenvalue weighted by Gasteiger charge is -2.00. The van der Waals surface area contributed by atoms with E-state index in [0.29, 0.717) is 6.00 Å². The smallest absolute Gasteiger partial charge is 0.154 e. The lowest BCUT2D eigenvalue weighted by Crippen LogP contribution is -2.10. The molecule has 1 rings (SSSR count). The number of ether oxygens (including phenoxy) is 1. The Hall–Kier alpha value is 0.0249. The fourth-order valence-corrected chi connectivity index (χ4v) is 0.966. The number of rotatable bonds is 1. The molecule has 40 valence electrons. The number of hydrogen-bond donors (Lipinski definition) is 0. The van der Waals surface area contributed by atoms with Crippen molar-refractivity contribution < 1.29 is 4.74 Å². The molecule has 1 atom stereocenters.